The lowest BCUT2D eigenvalue weighted by atomic mass is 9.98. The molecule has 4 nitrogen and oxygen atoms in total. The third-order valence-corrected chi connectivity index (χ3v) is 5.30. The van der Waals surface area contributed by atoms with Crippen molar-refractivity contribution in [2.75, 3.05) is 7.05 Å². The average Bonchev–Trinajstić information content (AvgIpc) is 2.42. The second-order valence-corrected chi connectivity index (χ2v) is 6.94. The van der Waals surface area contributed by atoms with Crippen LogP contribution in [0.4, 0.5) is 8.78 Å². The highest BCUT2D eigenvalue weighted by molar-refractivity contribution is 7.89. The number of hydrogen-bond donors (Lipinski definition) is 2. The molecule has 0 aliphatic rings. The van der Waals surface area contributed by atoms with Crippen LogP contribution in [0.3, 0.4) is 0 Å². The highest BCUT2D eigenvalue weighted by Gasteiger charge is 2.30. The van der Waals surface area contributed by atoms with Crippen molar-refractivity contribution in [1.29, 1.82) is 0 Å². The van der Waals surface area contributed by atoms with Crippen LogP contribution in [0.5, 0.6) is 0 Å². The lowest BCUT2D eigenvalue weighted by molar-refractivity contribution is 0.386. The van der Waals surface area contributed by atoms with Crippen molar-refractivity contribution in [3.8, 4) is 0 Å². The van der Waals surface area contributed by atoms with Crippen molar-refractivity contribution in [3.05, 3.63) is 29.3 Å². The van der Waals surface area contributed by atoms with Crippen LogP contribution in [-0.4, -0.2) is 21.0 Å². The molecule has 7 heteroatoms. The zero-order valence-corrected chi connectivity index (χ0v) is 13.6. The zero-order valence-electron chi connectivity index (χ0n) is 12.8. The standard InChI is InChI=1S/C14H22F2N2O2S/c1-5-14(3,6-2)18-21(19,20)12-8-10(9-17-4)7-11(15)13(12)16/h7-8,17-18H,5-6,9H2,1-4H3. The Kier molecular flexibility index (Phi) is 5.83. The lowest BCUT2D eigenvalue weighted by Crippen LogP contribution is -2.45. The summed E-state index contributed by atoms with van der Waals surface area (Å²) in [5, 5.41) is 2.78. The van der Waals surface area contributed by atoms with Crippen LogP contribution in [0, 0.1) is 11.6 Å². The molecule has 0 radical (unpaired) electrons. The van der Waals surface area contributed by atoms with E-state index in [4.69, 9.17) is 0 Å². The van der Waals surface area contributed by atoms with Gasteiger partial charge in [-0.2, -0.15) is 0 Å². The second-order valence-electron chi connectivity index (χ2n) is 5.29. The van der Waals surface area contributed by atoms with Crippen LogP contribution < -0.4 is 10.0 Å². The predicted molar refractivity (Wildman–Crippen MR) is 78.4 cm³/mol. The fourth-order valence-electron chi connectivity index (χ4n) is 1.89. The number of nitrogens with one attached hydrogen (secondary N) is 2. The average molecular weight is 320 g/mol. The van der Waals surface area contributed by atoms with Gasteiger partial charge >= 0.3 is 0 Å². The van der Waals surface area contributed by atoms with E-state index < -0.39 is 32.1 Å². The molecular weight excluding hydrogens is 298 g/mol. The molecule has 0 aliphatic carbocycles. The molecule has 0 fully saturated rings. The zero-order chi connectivity index (χ0) is 16.3. The van der Waals surface area contributed by atoms with Gasteiger partial charge in [-0.05, 0) is 44.5 Å². The number of benzene rings is 1. The van der Waals surface area contributed by atoms with Gasteiger partial charge in [0.25, 0.3) is 0 Å². The van der Waals surface area contributed by atoms with Crippen molar-refractivity contribution in [3.63, 3.8) is 0 Å². The Balaban J connectivity index is 3.31. The maximum atomic E-state index is 13.9. The fraction of sp³-hybridized carbons (Fsp3) is 0.571. The summed E-state index contributed by atoms with van der Waals surface area (Å²) in [6, 6.07) is 2.15. The molecule has 1 aromatic rings. The molecule has 0 amide bonds. The van der Waals surface area contributed by atoms with Gasteiger partial charge in [0.2, 0.25) is 10.0 Å². The number of hydrogen-bond acceptors (Lipinski definition) is 3. The highest BCUT2D eigenvalue weighted by Crippen LogP contribution is 2.23. The van der Waals surface area contributed by atoms with Gasteiger partial charge in [0.1, 0.15) is 4.90 Å². The highest BCUT2D eigenvalue weighted by atomic mass is 32.2. The van der Waals surface area contributed by atoms with Crippen LogP contribution in [0.15, 0.2) is 17.0 Å². The molecule has 0 aromatic heterocycles. The van der Waals surface area contributed by atoms with Crippen molar-refractivity contribution in [1.82, 2.24) is 10.0 Å². The SMILES string of the molecule is CCC(C)(CC)NS(=O)(=O)c1cc(CNC)cc(F)c1F. The molecule has 0 unspecified atom stereocenters. The fourth-order valence-corrected chi connectivity index (χ4v) is 3.58. The molecule has 0 atom stereocenters. The molecule has 0 heterocycles. The number of halogens is 2. The van der Waals surface area contributed by atoms with Crippen molar-refractivity contribution in [2.24, 2.45) is 0 Å². The topological polar surface area (TPSA) is 58.2 Å². The summed E-state index contributed by atoms with van der Waals surface area (Å²) in [6.07, 6.45) is 1.09. The van der Waals surface area contributed by atoms with Crippen molar-refractivity contribution < 1.29 is 17.2 Å². The summed E-state index contributed by atoms with van der Waals surface area (Å²) in [4.78, 5) is -0.652. The molecule has 21 heavy (non-hydrogen) atoms. The maximum Gasteiger partial charge on any atom is 0.244 e. The van der Waals surface area contributed by atoms with Gasteiger partial charge in [-0.3, -0.25) is 0 Å². The third kappa shape index (κ3) is 4.21. The first-order chi connectivity index (χ1) is 9.69. The Morgan fingerprint density at radius 3 is 2.24 bits per heavy atom. The van der Waals surface area contributed by atoms with Crippen LogP contribution in [0.1, 0.15) is 39.2 Å². The molecule has 1 rings (SSSR count). The van der Waals surface area contributed by atoms with Gasteiger partial charge in [-0.15, -0.1) is 0 Å². The molecule has 0 spiro atoms. The van der Waals surface area contributed by atoms with Crippen molar-refractivity contribution in [2.45, 2.75) is 50.6 Å². The summed E-state index contributed by atoms with van der Waals surface area (Å²) in [7, 11) is -2.49. The van der Waals surface area contributed by atoms with Gasteiger partial charge < -0.3 is 5.32 Å². The van der Waals surface area contributed by atoms with E-state index in [0.29, 0.717) is 18.4 Å². The first-order valence-corrected chi connectivity index (χ1v) is 8.34. The van der Waals surface area contributed by atoms with Crippen LogP contribution in [-0.2, 0) is 16.6 Å². The normalized spacial score (nSPS) is 12.7. The lowest BCUT2D eigenvalue weighted by Gasteiger charge is -2.28. The van der Waals surface area contributed by atoms with E-state index in [0.717, 1.165) is 12.1 Å². The Morgan fingerprint density at radius 1 is 1.19 bits per heavy atom. The molecular formula is C14H22F2N2O2S. The molecule has 120 valence electrons. The minimum absolute atomic E-state index is 0.249. The van der Waals surface area contributed by atoms with Crippen molar-refractivity contribution >= 4 is 10.0 Å². The minimum atomic E-state index is -4.13. The first-order valence-electron chi connectivity index (χ1n) is 6.85. The molecule has 0 saturated heterocycles. The summed E-state index contributed by atoms with van der Waals surface area (Å²) < 4.78 is 54.7. The molecule has 0 aliphatic heterocycles. The Hall–Kier alpha value is -1.05. The van der Waals surface area contributed by atoms with E-state index in [9.17, 15) is 17.2 Å². The van der Waals surface area contributed by atoms with Gasteiger partial charge in [-0.1, -0.05) is 13.8 Å². The summed E-state index contributed by atoms with van der Waals surface area (Å²) in [5.41, 5.74) is -0.327. The van der Waals surface area contributed by atoms with E-state index in [1.165, 1.54) is 0 Å². The van der Waals surface area contributed by atoms with E-state index in [2.05, 4.69) is 10.0 Å². The van der Waals surface area contributed by atoms with Crippen LogP contribution in [0.2, 0.25) is 0 Å². The summed E-state index contributed by atoms with van der Waals surface area (Å²) in [6.45, 7) is 5.65. The molecule has 1 aromatic carbocycles. The Bertz CT molecular complexity index is 599. The smallest absolute Gasteiger partial charge is 0.244 e. The summed E-state index contributed by atoms with van der Waals surface area (Å²) in [5.74, 6) is -2.52. The van der Waals surface area contributed by atoms with Crippen LogP contribution in [0.25, 0.3) is 0 Å². The van der Waals surface area contributed by atoms with Crippen LogP contribution >= 0.6 is 0 Å². The van der Waals surface area contributed by atoms with E-state index >= 15 is 0 Å². The van der Waals surface area contributed by atoms with Gasteiger partial charge in [0.15, 0.2) is 11.6 Å². The van der Waals surface area contributed by atoms with E-state index in [1.54, 1.807) is 14.0 Å². The molecule has 0 saturated carbocycles. The second kappa shape index (κ2) is 6.81. The van der Waals surface area contributed by atoms with E-state index in [-0.39, 0.29) is 6.54 Å². The molecule has 0 bridgehead atoms. The monoisotopic (exact) mass is 320 g/mol. The van der Waals surface area contributed by atoms with Gasteiger partial charge in [0.05, 0.1) is 0 Å². The first kappa shape index (κ1) is 18.0. The predicted octanol–water partition coefficient (Wildman–Crippen LogP) is 2.54. The number of sulfonamides is 1. The van der Waals surface area contributed by atoms with E-state index in [1.807, 2.05) is 13.8 Å². The largest absolute Gasteiger partial charge is 0.316 e. The maximum absolute atomic E-state index is 13.9. The minimum Gasteiger partial charge on any atom is -0.316 e. The van der Waals surface area contributed by atoms with Gasteiger partial charge in [-0.25, -0.2) is 21.9 Å². The molecule has 2 N–H and O–H groups in total. The third-order valence-electron chi connectivity index (χ3n) is 3.67. The Labute approximate surface area is 125 Å². The summed E-state index contributed by atoms with van der Waals surface area (Å²) >= 11 is 0. The number of rotatable bonds is 7. The van der Waals surface area contributed by atoms with Gasteiger partial charge in [0, 0.05) is 12.1 Å². The Morgan fingerprint density at radius 2 is 1.76 bits per heavy atom. The quantitative estimate of drug-likeness (QED) is 0.812.